The zero-order valence-electron chi connectivity index (χ0n) is 6.95. The Bertz CT molecular complexity index is 327. The van der Waals surface area contributed by atoms with Gasteiger partial charge in [0.15, 0.2) is 5.82 Å². The third-order valence-electron chi connectivity index (χ3n) is 1.34. The monoisotopic (exact) mass is 185 g/mol. The Balaban J connectivity index is 2.98. The average Bonchev–Trinajstić information content (AvgIpc) is 2.08. The Morgan fingerprint density at radius 3 is 2.92 bits per heavy atom. The highest BCUT2D eigenvalue weighted by atomic mass is 19.1. The molecule has 0 aliphatic carbocycles. The SMILES string of the molecule is CCOc1ncc(C(=O)O)cc1F. The minimum Gasteiger partial charge on any atom is -0.478 e. The molecule has 1 rings (SSSR count). The fourth-order valence-corrected chi connectivity index (χ4v) is 0.785. The van der Waals surface area contributed by atoms with Gasteiger partial charge in [-0.05, 0) is 13.0 Å². The van der Waals surface area contributed by atoms with Gasteiger partial charge in [-0.2, -0.15) is 0 Å². The van der Waals surface area contributed by atoms with Gasteiger partial charge in [0.25, 0.3) is 0 Å². The molecule has 4 nitrogen and oxygen atoms in total. The highest BCUT2D eigenvalue weighted by molar-refractivity contribution is 5.87. The van der Waals surface area contributed by atoms with Crippen molar-refractivity contribution in [3.05, 3.63) is 23.6 Å². The van der Waals surface area contributed by atoms with Crippen molar-refractivity contribution in [3.63, 3.8) is 0 Å². The van der Waals surface area contributed by atoms with Gasteiger partial charge in [0.05, 0.1) is 12.2 Å². The van der Waals surface area contributed by atoms with Crippen molar-refractivity contribution in [1.29, 1.82) is 0 Å². The van der Waals surface area contributed by atoms with Gasteiger partial charge in [-0.25, -0.2) is 14.2 Å². The lowest BCUT2D eigenvalue weighted by molar-refractivity contribution is 0.0695. The number of halogens is 1. The van der Waals surface area contributed by atoms with Crippen LogP contribution in [-0.2, 0) is 0 Å². The maximum absolute atomic E-state index is 12.9. The van der Waals surface area contributed by atoms with E-state index in [0.717, 1.165) is 12.3 Å². The molecule has 1 heterocycles. The summed E-state index contributed by atoms with van der Waals surface area (Å²) in [6.45, 7) is 1.97. The second kappa shape index (κ2) is 3.84. The third-order valence-corrected chi connectivity index (χ3v) is 1.34. The van der Waals surface area contributed by atoms with Crippen LogP contribution in [-0.4, -0.2) is 22.7 Å². The number of aromatic nitrogens is 1. The van der Waals surface area contributed by atoms with Crippen molar-refractivity contribution >= 4 is 5.97 Å². The van der Waals surface area contributed by atoms with Gasteiger partial charge in [-0.3, -0.25) is 0 Å². The Morgan fingerprint density at radius 1 is 1.77 bits per heavy atom. The molecule has 0 unspecified atom stereocenters. The van der Waals surface area contributed by atoms with Gasteiger partial charge < -0.3 is 9.84 Å². The van der Waals surface area contributed by atoms with Crippen LogP contribution in [0.3, 0.4) is 0 Å². The summed E-state index contributed by atoms with van der Waals surface area (Å²) in [6.07, 6.45) is 1.05. The van der Waals surface area contributed by atoms with E-state index in [9.17, 15) is 9.18 Å². The van der Waals surface area contributed by atoms with E-state index in [0.29, 0.717) is 0 Å². The zero-order chi connectivity index (χ0) is 9.84. The fourth-order valence-electron chi connectivity index (χ4n) is 0.785. The molecule has 0 amide bonds. The molecule has 5 heteroatoms. The number of carboxylic acid groups (broad SMARTS) is 1. The largest absolute Gasteiger partial charge is 0.478 e. The molecular weight excluding hydrogens is 177 g/mol. The van der Waals surface area contributed by atoms with E-state index in [-0.39, 0.29) is 18.1 Å². The van der Waals surface area contributed by atoms with Crippen LogP contribution in [0, 0.1) is 5.82 Å². The van der Waals surface area contributed by atoms with Crippen molar-refractivity contribution in [3.8, 4) is 5.88 Å². The number of carboxylic acids is 1. The smallest absolute Gasteiger partial charge is 0.337 e. The number of hydrogen-bond acceptors (Lipinski definition) is 3. The summed E-state index contributed by atoms with van der Waals surface area (Å²) in [5.74, 6) is -2.15. The van der Waals surface area contributed by atoms with Gasteiger partial charge in [0.2, 0.25) is 5.88 Å². The minimum absolute atomic E-state index is 0.174. The Labute approximate surface area is 74.0 Å². The van der Waals surface area contributed by atoms with Crippen LogP contribution in [0.2, 0.25) is 0 Å². The van der Waals surface area contributed by atoms with Crippen molar-refractivity contribution in [2.75, 3.05) is 6.61 Å². The lowest BCUT2D eigenvalue weighted by atomic mass is 10.3. The van der Waals surface area contributed by atoms with E-state index in [1.165, 1.54) is 0 Å². The molecule has 0 bridgehead atoms. The number of nitrogens with zero attached hydrogens (tertiary/aromatic N) is 1. The summed E-state index contributed by atoms with van der Waals surface area (Å²) >= 11 is 0. The van der Waals surface area contributed by atoms with Crippen LogP contribution in [0.4, 0.5) is 4.39 Å². The van der Waals surface area contributed by atoms with Crippen LogP contribution in [0.15, 0.2) is 12.3 Å². The highest BCUT2D eigenvalue weighted by Crippen LogP contribution is 2.14. The minimum atomic E-state index is -1.21. The molecule has 0 saturated heterocycles. The third kappa shape index (κ3) is 2.14. The molecule has 0 radical (unpaired) electrons. The van der Waals surface area contributed by atoms with Crippen LogP contribution in [0.25, 0.3) is 0 Å². The number of hydrogen-bond donors (Lipinski definition) is 1. The summed E-state index contributed by atoms with van der Waals surface area (Å²) < 4.78 is 17.7. The van der Waals surface area contributed by atoms with Crippen LogP contribution >= 0.6 is 0 Å². The van der Waals surface area contributed by atoms with Gasteiger partial charge in [-0.1, -0.05) is 0 Å². The lowest BCUT2D eigenvalue weighted by Crippen LogP contribution is -2.02. The number of ether oxygens (including phenoxy) is 1. The van der Waals surface area contributed by atoms with Crippen molar-refractivity contribution in [2.45, 2.75) is 6.92 Å². The molecule has 0 aromatic carbocycles. The van der Waals surface area contributed by atoms with E-state index in [1.807, 2.05) is 0 Å². The maximum atomic E-state index is 12.9. The number of carbonyl (C=O) groups is 1. The van der Waals surface area contributed by atoms with E-state index in [1.54, 1.807) is 6.92 Å². The number of aromatic carboxylic acids is 1. The Kier molecular flexibility index (Phi) is 2.79. The topological polar surface area (TPSA) is 59.4 Å². The Morgan fingerprint density at radius 2 is 2.46 bits per heavy atom. The van der Waals surface area contributed by atoms with Crippen molar-refractivity contribution in [1.82, 2.24) is 4.98 Å². The average molecular weight is 185 g/mol. The first kappa shape index (κ1) is 9.44. The molecular formula is C8H8FNO3. The fraction of sp³-hybridized carbons (Fsp3) is 0.250. The van der Waals surface area contributed by atoms with Crippen molar-refractivity contribution < 1.29 is 19.0 Å². The molecule has 0 saturated carbocycles. The van der Waals surface area contributed by atoms with E-state index in [4.69, 9.17) is 9.84 Å². The van der Waals surface area contributed by atoms with E-state index < -0.39 is 11.8 Å². The molecule has 0 fully saturated rings. The van der Waals surface area contributed by atoms with Crippen LogP contribution < -0.4 is 4.74 Å². The van der Waals surface area contributed by atoms with Gasteiger partial charge in [0, 0.05) is 6.20 Å². The summed E-state index contributed by atoms with van der Waals surface area (Å²) in [6, 6.07) is 0.875. The summed E-state index contributed by atoms with van der Waals surface area (Å²) in [7, 11) is 0. The predicted molar refractivity (Wildman–Crippen MR) is 42.3 cm³/mol. The summed E-state index contributed by atoms with van der Waals surface area (Å²) in [4.78, 5) is 13.9. The van der Waals surface area contributed by atoms with Gasteiger partial charge in [0.1, 0.15) is 0 Å². The predicted octanol–water partition coefficient (Wildman–Crippen LogP) is 1.32. The molecule has 0 spiro atoms. The van der Waals surface area contributed by atoms with E-state index in [2.05, 4.69) is 4.98 Å². The zero-order valence-corrected chi connectivity index (χ0v) is 6.95. The lowest BCUT2D eigenvalue weighted by Gasteiger charge is -2.02. The quantitative estimate of drug-likeness (QED) is 0.771. The first-order valence-corrected chi connectivity index (χ1v) is 3.66. The number of pyridine rings is 1. The molecule has 1 N–H and O–H groups in total. The Hall–Kier alpha value is -1.65. The van der Waals surface area contributed by atoms with Crippen LogP contribution in [0.5, 0.6) is 5.88 Å². The molecule has 70 valence electrons. The first-order valence-electron chi connectivity index (χ1n) is 3.66. The van der Waals surface area contributed by atoms with Gasteiger partial charge in [-0.15, -0.1) is 0 Å². The summed E-state index contributed by atoms with van der Waals surface area (Å²) in [5.41, 5.74) is -0.194. The second-order valence-electron chi connectivity index (χ2n) is 2.25. The number of rotatable bonds is 3. The van der Waals surface area contributed by atoms with Crippen molar-refractivity contribution in [2.24, 2.45) is 0 Å². The molecule has 1 aromatic heterocycles. The molecule has 13 heavy (non-hydrogen) atoms. The molecule has 0 aliphatic heterocycles. The van der Waals surface area contributed by atoms with Crippen LogP contribution in [0.1, 0.15) is 17.3 Å². The summed E-state index contributed by atoms with van der Waals surface area (Å²) in [5, 5.41) is 8.48. The highest BCUT2D eigenvalue weighted by Gasteiger charge is 2.09. The van der Waals surface area contributed by atoms with Gasteiger partial charge >= 0.3 is 5.97 Å². The van der Waals surface area contributed by atoms with E-state index >= 15 is 0 Å². The molecule has 1 aromatic rings. The first-order chi connectivity index (χ1) is 6.15. The standard InChI is InChI=1S/C8H8FNO3/c1-2-13-7-6(9)3-5(4-10-7)8(11)12/h3-4H,2H2,1H3,(H,11,12). The molecule has 0 atom stereocenters. The maximum Gasteiger partial charge on any atom is 0.337 e. The normalized spacial score (nSPS) is 9.69. The molecule has 0 aliphatic rings. The second-order valence-corrected chi connectivity index (χ2v) is 2.25.